The van der Waals surface area contributed by atoms with E-state index in [-0.39, 0.29) is 6.04 Å². The van der Waals surface area contributed by atoms with Crippen LogP contribution in [0.25, 0.3) is 5.52 Å². The fourth-order valence-electron chi connectivity index (χ4n) is 3.47. The standard InChI is InChI=1S/C19H21F3N6/c20-19(21,22)14-1-3-16(4-2-14)26-18-17-13(5-10-28(17)25-12-24-18)11-27-8-6-15(23)7-9-27/h1-5,10,12,15H,6-9,11,23H2,(H,24,25,26). The van der Waals surface area contributed by atoms with Gasteiger partial charge in [-0.2, -0.15) is 18.3 Å². The zero-order valence-electron chi connectivity index (χ0n) is 15.2. The number of halogens is 3. The molecule has 1 aliphatic heterocycles. The second-order valence-electron chi connectivity index (χ2n) is 7.06. The summed E-state index contributed by atoms with van der Waals surface area (Å²) in [5.41, 5.74) is 7.70. The summed E-state index contributed by atoms with van der Waals surface area (Å²) in [7, 11) is 0. The number of nitrogens with two attached hydrogens (primary N) is 1. The molecular weight excluding hydrogens is 369 g/mol. The van der Waals surface area contributed by atoms with Crippen molar-refractivity contribution < 1.29 is 13.2 Å². The zero-order valence-corrected chi connectivity index (χ0v) is 15.2. The molecule has 6 nitrogen and oxygen atoms in total. The van der Waals surface area contributed by atoms with Crippen LogP contribution in [0.3, 0.4) is 0 Å². The molecule has 28 heavy (non-hydrogen) atoms. The number of benzene rings is 1. The molecule has 4 rings (SSSR count). The molecule has 0 unspecified atom stereocenters. The average Bonchev–Trinajstić information content (AvgIpc) is 3.07. The van der Waals surface area contributed by atoms with Gasteiger partial charge in [-0.05, 0) is 61.8 Å². The largest absolute Gasteiger partial charge is 0.416 e. The number of nitrogens with zero attached hydrogens (tertiary/aromatic N) is 4. The van der Waals surface area contributed by atoms with Crippen molar-refractivity contribution in [2.24, 2.45) is 5.73 Å². The predicted octanol–water partition coefficient (Wildman–Crippen LogP) is 3.41. The summed E-state index contributed by atoms with van der Waals surface area (Å²) in [6, 6.07) is 7.16. The van der Waals surface area contributed by atoms with Gasteiger partial charge >= 0.3 is 6.18 Å². The van der Waals surface area contributed by atoms with Crippen molar-refractivity contribution in [2.75, 3.05) is 18.4 Å². The van der Waals surface area contributed by atoms with Gasteiger partial charge in [0, 0.05) is 24.5 Å². The Morgan fingerprint density at radius 2 is 1.82 bits per heavy atom. The van der Waals surface area contributed by atoms with Gasteiger partial charge in [-0.1, -0.05) is 0 Å². The molecule has 0 spiro atoms. The Balaban J connectivity index is 1.58. The second kappa shape index (κ2) is 7.40. The van der Waals surface area contributed by atoms with E-state index in [4.69, 9.17) is 5.73 Å². The summed E-state index contributed by atoms with van der Waals surface area (Å²) >= 11 is 0. The second-order valence-corrected chi connectivity index (χ2v) is 7.06. The molecule has 3 heterocycles. The lowest BCUT2D eigenvalue weighted by atomic mass is 10.1. The lowest BCUT2D eigenvalue weighted by Gasteiger charge is -2.29. The molecule has 148 valence electrons. The SMILES string of the molecule is NC1CCN(Cc2ccn3ncnc(Nc4ccc(C(F)(F)F)cc4)c23)CC1. The molecule has 3 aromatic rings. The number of hydrogen-bond acceptors (Lipinski definition) is 5. The van der Waals surface area contributed by atoms with Crippen LogP contribution in [-0.4, -0.2) is 38.6 Å². The number of nitrogens with one attached hydrogen (secondary N) is 1. The maximum Gasteiger partial charge on any atom is 0.416 e. The van der Waals surface area contributed by atoms with Gasteiger partial charge < -0.3 is 11.1 Å². The molecule has 1 aromatic carbocycles. The van der Waals surface area contributed by atoms with Crippen LogP contribution in [0.15, 0.2) is 42.9 Å². The van der Waals surface area contributed by atoms with Crippen molar-refractivity contribution in [1.82, 2.24) is 19.5 Å². The molecule has 1 fully saturated rings. The molecule has 0 aliphatic carbocycles. The van der Waals surface area contributed by atoms with E-state index in [2.05, 4.69) is 20.3 Å². The Kier molecular flexibility index (Phi) is 4.94. The molecule has 0 amide bonds. The van der Waals surface area contributed by atoms with Crippen LogP contribution >= 0.6 is 0 Å². The Labute approximate surface area is 160 Å². The topological polar surface area (TPSA) is 71.5 Å². The van der Waals surface area contributed by atoms with Crippen molar-refractivity contribution >= 4 is 17.0 Å². The molecule has 3 N–H and O–H groups in total. The van der Waals surface area contributed by atoms with Gasteiger partial charge in [0.25, 0.3) is 0 Å². The highest BCUT2D eigenvalue weighted by molar-refractivity contribution is 5.76. The van der Waals surface area contributed by atoms with Gasteiger partial charge in [0.05, 0.1) is 5.56 Å². The number of alkyl halides is 3. The number of piperidine rings is 1. The zero-order chi connectivity index (χ0) is 19.7. The first-order valence-corrected chi connectivity index (χ1v) is 9.13. The van der Waals surface area contributed by atoms with Gasteiger partial charge in [-0.3, -0.25) is 4.90 Å². The van der Waals surface area contributed by atoms with Gasteiger partial charge in [0.1, 0.15) is 11.8 Å². The fourth-order valence-corrected chi connectivity index (χ4v) is 3.47. The van der Waals surface area contributed by atoms with Crippen LogP contribution < -0.4 is 11.1 Å². The van der Waals surface area contributed by atoms with E-state index >= 15 is 0 Å². The third-order valence-electron chi connectivity index (χ3n) is 5.04. The van der Waals surface area contributed by atoms with Crippen molar-refractivity contribution in [2.45, 2.75) is 31.6 Å². The summed E-state index contributed by atoms with van der Waals surface area (Å²) in [5, 5.41) is 7.35. The van der Waals surface area contributed by atoms with Gasteiger partial charge in [0.2, 0.25) is 0 Å². The summed E-state index contributed by atoms with van der Waals surface area (Å²) < 4.78 is 40.0. The third kappa shape index (κ3) is 3.95. The minimum atomic E-state index is -4.35. The molecule has 0 atom stereocenters. The third-order valence-corrected chi connectivity index (χ3v) is 5.04. The number of hydrogen-bond donors (Lipinski definition) is 2. The van der Waals surface area contributed by atoms with Crippen LogP contribution in [-0.2, 0) is 12.7 Å². The Hall–Kier alpha value is -2.65. The van der Waals surface area contributed by atoms with Crippen molar-refractivity contribution in [3.05, 3.63) is 54.0 Å². The summed E-state index contributed by atoms with van der Waals surface area (Å²) in [6.45, 7) is 2.63. The van der Waals surface area contributed by atoms with Crippen molar-refractivity contribution in [3.63, 3.8) is 0 Å². The maximum atomic E-state index is 12.8. The minimum absolute atomic E-state index is 0.266. The normalized spacial score (nSPS) is 16.6. The van der Waals surface area contributed by atoms with Gasteiger partial charge in [-0.25, -0.2) is 9.50 Å². The molecule has 1 saturated heterocycles. The number of aromatic nitrogens is 3. The van der Waals surface area contributed by atoms with Crippen LogP contribution in [0.5, 0.6) is 0 Å². The van der Waals surface area contributed by atoms with E-state index in [1.54, 1.807) is 4.52 Å². The highest BCUT2D eigenvalue weighted by atomic mass is 19.4. The highest BCUT2D eigenvalue weighted by Crippen LogP contribution is 2.31. The number of anilines is 2. The molecular formula is C19H21F3N6. The van der Waals surface area contributed by atoms with Crippen LogP contribution in [0.4, 0.5) is 24.7 Å². The van der Waals surface area contributed by atoms with Crippen LogP contribution in [0.2, 0.25) is 0 Å². The highest BCUT2D eigenvalue weighted by Gasteiger charge is 2.30. The van der Waals surface area contributed by atoms with Gasteiger partial charge in [-0.15, -0.1) is 0 Å². The monoisotopic (exact) mass is 390 g/mol. The van der Waals surface area contributed by atoms with Crippen molar-refractivity contribution in [1.29, 1.82) is 0 Å². The van der Waals surface area contributed by atoms with E-state index < -0.39 is 11.7 Å². The predicted molar refractivity (Wildman–Crippen MR) is 100 cm³/mol. The first kappa shape index (κ1) is 18.7. The number of fused-ring (bicyclic) bond motifs is 1. The molecule has 9 heteroatoms. The number of rotatable bonds is 4. The minimum Gasteiger partial charge on any atom is -0.338 e. The van der Waals surface area contributed by atoms with Crippen molar-refractivity contribution in [3.8, 4) is 0 Å². The lowest BCUT2D eigenvalue weighted by Crippen LogP contribution is -2.39. The first-order valence-electron chi connectivity index (χ1n) is 9.13. The van der Waals surface area contributed by atoms with E-state index in [0.717, 1.165) is 55.7 Å². The molecule has 0 bridgehead atoms. The van der Waals surface area contributed by atoms with E-state index in [1.165, 1.54) is 18.5 Å². The average molecular weight is 390 g/mol. The smallest absolute Gasteiger partial charge is 0.338 e. The maximum absolute atomic E-state index is 12.8. The molecule has 0 radical (unpaired) electrons. The Morgan fingerprint density at radius 1 is 1.11 bits per heavy atom. The first-order chi connectivity index (χ1) is 13.4. The quantitative estimate of drug-likeness (QED) is 0.714. The summed E-state index contributed by atoms with van der Waals surface area (Å²) in [4.78, 5) is 6.65. The summed E-state index contributed by atoms with van der Waals surface area (Å²) in [5.74, 6) is 0.559. The number of likely N-dealkylation sites (tertiary alicyclic amines) is 1. The molecule has 1 aliphatic rings. The van der Waals surface area contributed by atoms with E-state index in [0.29, 0.717) is 11.5 Å². The Morgan fingerprint density at radius 3 is 2.50 bits per heavy atom. The fraction of sp³-hybridized carbons (Fsp3) is 0.368. The van der Waals surface area contributed by atoms with E-state index in [1.807, 2.05) is 12.3 Å². The van der Waals surface area contributed by atoms with Gasteiger partial charge in [0.15, 0.2) is 5.82 Å². The van der Waals surface area contributed by atoms with Crippen LogP contribution in [0.1, 0.15) is 24.0 Å². The lowest BCUT2D eigenvalue weighted by molar-refractivity contribution is -0.137. The Bertz CT molecular complexity index is 942. The molecule has 0 saturated carbocycles. The summed E-state index contributed by atoms with van der Waals surface area (Å²) in [6.07, 6.45) is 0.868. The molecule has 2 aromatic heterocycles. The van der Waals surface area contributed by atoms with Crippen LogP contribution in [0, 0.1) is 0 Å². The van der Waals surface area contributed by atoms with E-state index in [9.17, 15) is 13.2 Å².